The molecule has 0 saturated heterocycles. The van der Waals surface area contributed by atoms with E-state index in [1.54, 1.807) is 6.92 Å². The van der Waals surface area contributed by atoms with Gasteiger partial charge in [-0.1, -0.05) is 30.1 Å². The molecular weight excluding hydrogens is 339 g/mol. The van der Waals surface area contributed by atoms with Gasteiger partial charge >= 0.3 is 5.97 Å². The molecule has 0 fully saturated rings. The lowest BCUT2D eigenvalue weighted by Crippen LogP contribution is -2.32. The Labute approximate surface area is 132 Å². The topological polar surface area (TPSA) is 98.5 Å². The molecule has 1 rings (SSSR count). The molecule has 9 heteroatoms. The van der Waals surface area contributed by atoms with Crippen LogP contribution in [0, 0.1) is 11.3 Å². The van der Waals surface area contributed by atoms with Gasteiger partial charge in [0.25, 0.3) is 0 Å². The van der Waals surface area contributed by atoms with Crippen molar-refractivity contribution < 1.29 is 18.3 Å². The fraction of sp³-hybridized carbons (Fsp3) is 0.333. The van der Waals surface area contributed by atoms with Gasteiger partial charge in [0, 0.05) is 19.5 Å². The predicted molar refractivity (Wildman–Crippen MR) is 78.1 cm³/mol. The third-order valence-corrected chi connectivity index (χ3v) is 5.45. The normalized spacial score (nSPS) is 11.4. The average Bonchev–Trinajstić information content (AvgIpc) is 2.38. The lowest BCUT2D eigenvalue weighted by atomic mass is 10.2. The smallest absolute Gasteiger partial charge is 0.337 e. The van der Waals surface area contributed by atoms with Crippen molar-refractivity contribution in [3.63, 3.8) is 0 Å². The monoisotopic (exact) mass is 350 g/mol. The Morgan fingerprint density at radius 1 is 1.38 bits per heavy atom. The van der Waals surface area contributed by atoms with E-state index in [-0.39, 0.29) is 40.0 Å². The molecule has 0 spiro atoms. The summed E-state index contributed by atoms with van der Waals surface area (Å²) in [6.07, 6.45) is 0.0179. The molecule has 0 aliphatic rings. The van der Waals surface area contributed by atoms with Crippen LogP contribution in [0.4, 0.5) is 0 Å². The summed E-state index contributed by atoms with van der Waals surface area (Å²) in [7, 11) is -4.00. The van der Waals surface area contributed by atoms with Gasteiger partial charge < -0.3 is 5.11 Å². The van der Waals surface area contributed by atoms with Gasteiger partial charge in [0.05, 0.1) is 21.7 Å². The van der Waals surface area contributed by atoms with E-state index in [9.17, 15) is 13.2 Å². The van der Waals surface area contributed by atoms with Crippen molar-refractivity contribution in [1.29, 1.82) is 5.26 Å². The van der Waals surface area contributed by atoms with Gasteiger partial charge in [0.2, 0.25) is 10.0 Å². The van der Waals surface area contributed by atoms with Gasteiger partial charge in [-0.3, -0.25) is 0 Å². The molecule has 1 N–H and O–H groups in total. The predicted octanol–water partition coefficient (Wildman–Crippen LogP) is 2.62. The van der Waals surface area contributed by atoms with Crippen molar-refractivity contribution in [1.82, 2.24) is 4.31 Å². The van der Waals surface area contributed by atoms with E-state index in [2.05, 4.69) is 0 Å². The standard InChI is InChI=1S/C12H12Cl2N2O4S/c1-2-16(5-3-4-15)21(19,20)11-6-8(12(17)18)9(13)7-10(11)14/h6-7H,2-3,5H2,1H3,(H,17,18). The van der Waals surface area contributed by atoms with Crippen LogP contribution >= 0.6 is 23.2 Å². The number of carboxylic acid groups (broad SMARTS) is 1. The molecule has 0 aliphatic heterocycles. The highest BCUT2D eigenvalue weighted by Crippen LogP contribution is 2.30. The van der Waals surface area contributed by atoms with Gasteiger partial charge in [-0.05, 0) is 12.1 Å². The molecule has 0 heterocycles. The first-order valence-electron chi connectivity index (χ1n) is 5.85. The zero-order chi connectivity index (χ0) is 16.2. The Bertz CT molecular complexity index is 698. The van der Waals surface area contributed by atoms with Crippen LogP contribution in [-0.4, -0.2) is 36.9 Å². The first kappa shape index (κ1) is 17.7. The molecule has 6 nitrogen and oxygen atoms in total. The molecule has 0 radical (unpaired) electrons. The quantitative estimate of drug-likeness (QED) is 0.849. The summed E-state index contributed by atoms with van der Waals surface area (Å²) in [5.74, 6) is -1.35. The molecule has 0 bridgehead atoms. The minimum Gasteiger partial charge on any atom is -0.478 e. The number of hydrogen-bond acceptors (Lipinski definition) is 4. The van der Waals surface area contributed by atoms with Crippen LogP contribution in [-0.2, 0) is 10.0 Å². The van der Waals surface area contributed by atoms with Crippen molar-refractivity contribution in [3.8, 4) is 6.07 Å². The molecule has 21 heavy (non-hydrogen) atoms. The van der Waals surface area contributed by atoms with Crippen LogP contribution in [0.2, 0.25) is 10.0 Å². The number of nitrogens with zero attached hydrogens (tertiary/aromatic N) is 2. The molecule has 114 valence electrons. The molecule has 0 amide bonds. The Balaban J connectivity index is 3.40. The number of sulfonamides is 1. The van der Waals surface area contributed by atoms with Crippen molar-refractivity contribution in [2.75, 3.05) is 13.1 Å². The van der Waals surface area contributed by atoms with E-state index in [1.807, 2.05) is 6.07 Å². The number of carboxylic acids is 1. The lowest BCUT2D eigenvalue weighted by Gasteiger charge is -2.20. The zero-order valence-electron chi connectivity index (χ0n) is 11.0. The maximum absolute atomic E-state index is 12.5. The Kier molecular flexibility index (Phi) is 5.98. The van der Waals surface area contributed by atoms with Gasteiger partial charge in [0.1, 0.15) is 4.90 Å². The van der Waals surface area contributed by atoms with Crippen LogP contribution in [0.15, 0.2) is 17.0 Å². The van der Waals surface area contributed by atoms with E-state index in [4.69, 9.17) is 33.6 Å². The van der Waals surface area contributed by atoms with Gasteiger partial charge in [-0.25, -0.2) is 13.2 Å². The first-order valence-corrected chi connectivity index (χ1v) is 8.04. The number of halogens is 2. The lowest BCUT2D eigenvalue weighted by molar-refractivity contribution is 0.0697. The van der Waals surface area contributed by atoms with E-state index in [1.165, 1.54) is 0 Å². The summed E-state index contributed by atoms with van der Waals surface area (Å²) in [4.78, 5) is 10.7. The largest absolute Gasteiger partial charge is 0.478 e. The minimum absolute atomic E-state index is 0.00328. The highest BCUT2D eigenvalue weighted by atomic mass is 35.5. The third-order valence-electron chi connectivity index (χ3n) is 2.70. The second kappa shape index (κ2) is 7.09. The van der Waals surface area contributed by atoms with Crippen LogP contribution in [0.5, 0.6) is 0 Å². The summed E-state index contributed by atoms with van der Waals surface area (Å²) in [5, 5.41) is 17.3. The molecule has 0 aromatic heterocycles. The Hall–Kier alpha value is -1.33. The van der Waals surface area contributed by atoms with E-state index in [0.717, 1.165) is 16.4 Å². The summed E-state index contributed by atoms with van der Waals surface area (Å²) < 4.78 is 26.0. The SMILES string of the molecule is CCN(CCC#N)S(=O)(=O)c1cc(C(=O)O)c(Cl)cc1Cl. The molecule has 0 unspecified atom stereocenters. The fourth-order valence-electron chi connectivity index (χ4n) is 1.65. The maximum Gasteiger partial charge on any atom is 0.337 e. The van der Waals surface area contributed by atoms with E-state index in [0.29, 0.717) is 0 Å². The van der Waals surface area contributed by atoms with Crippen LogP contribution in [0.25, 0.3) is 0 Å². The second-order valence-corrected chi connectivity index (χ2v) is 6.69. The van der Waals surface area contributed by atoms with Crippen LogP contribution in [0.3, 0.4) is 0 Å². The van der Waals surface area contributed by atoms with Crippen molar-refractivity contribution in [3.05, 3.63) is 27.7 Å². The summed E-state index contributed by atoms with van der Waals surface area (Å²) >= 11 is 11.6. The molecule has 0 aliphatic carbocycles. The molecule has 0 saturated carbocycles. The Morgan fingerprint density at radius 3 is 2.48 bits per heavy atom. The van der Waals surface area contributed by atoms with Gasteiger partial charge in [-0.2, -0.15) is 9.57 Å². The van der Waals surface area contributed by atoms with Gasteiger partial charge in [0.15, 0.2) is 0 Å². The summed E-state index contributed by atoms with van der Waals surface area (Å²) in [6.45, 7) is 1.74. The number of hydrogen-bond donors (Lipinski definition) is 1. The van der Waals surface area contributed by atoms with Crippen molar-refractivity contribution >= 4 is 39.2 Å². The highest BCUT2D eigenvalue weighted by Gasteiger charge is 2.27. The van der Waals surface area contributed by atoms with E-state index >= 15 is 0 Å². The fourth-order valence-corrected chi connectivity index (χ4v) is 3.93. The number of nitriles is 1. The molecule has 0 atom stereocenters. The summed E-state index contributed by atoms with van der Waals surface area (Å²) in [6, 6.07) is 3.86. The second-order valence-electron chi connectivity index (χ2n) is 3.97. The van der Waals surface area contributed by atoms with Crippen molar-refractivity contribution in [2.45, 2.75) is 18.2 Å². The first-order chi connectivity index (χ1) is 9.75. The van der Waals surface area contributed by atoms with Crippen LogP contribution in [0.1, 0.15) is 23.7 Å². The minimum atomic E-state index is -4.00. The molecular formula is C12H12Cl2N2O4S. The average molecular weight is 351 g/mol. The number of aromatic carboxylic acids is 1. The van der Waals surface area contributed by atoms with Crippen LogP contribution < -0.4 is 0 Å². The summed E-state index contributed by atoms with van der Waals surface area (Å²) in [5.41, 5.74) is -0.351. The zero-order valence-corrected chi connectivity index (χ0v) is 13.3. The molecule has 1 aromatic rings. The number of benzene rings is 1. The third kappa shape index (κ3) is 3.86. The van der Waals surface area contributed by atoms with Crippen molar-refractivity contribution in [2.24, 2.45) is 0 Å². The number of carbonyl (C=O) groups is 1. The van der Waals surface area contributed by atoms with Gasteiger partial charge in [-0.15, -0.1) is 0 Å². The maximum atomic E-state index is 12.5. The van der Waals surface area contributed by atoms with E-state index < -0.39 is 16.0 Å². The molecule has 1 aromatic carbocycles. The number of rotatable bonds is 6. The highest BCUT2D eigenvalue weighted by molar-refractivity contribution is 7.89. The Morgan fingerprint density at radius 2 is 2.00 bits per heavy atom.